The van der Waals surface area contributed by atoms with Crippen molar-refractivity contribution in [1.29, 1.82) is 0 Å². The standard InChI is InChI=1S/C23H26FN5O2/c24-16-12-20-19(21(25)13-16)14-17(27-23(20)31)2-1-7-28-8-10-29(11-9-28)18-5-3-15(4-6-18)22(26)30/h3-6,12-14H,1-2,7-11,25H2,(H2,26,30)(H,27,31). The molecule has 0 unspecified atom stereocenters. The predicted octanol–water partition coefficient (Wildman–Crippen LogP) is 2.10. The summed E-state index contributed by atoms with van der Waals surface area (Å²) < 4.78 is 13.5. The highest BCUT2D eigenvalue weighted by molar-refractivity contribution is 5.93. The van der Waals surface area contributed by atoms with Crippen LogP contribution in [0.25, 0.3) is 10.8 Å². The van der Waals surface area contributed by atoms with Crippen molar-refractivity contribution in [2.75, 3.05) is 43.4 Å². The van der Waals surface area contributed by atoms with Crippen molar-refractivity contribution in [2.24, 2.45) is 5.73 Å². The van der Waals surface area contributed by atoms with Gasteiger partial charge in [0, 0.05) is 54.2 Å². The number of H-pyrrole nitrogens is 1. The van der Waals surface area contributed by atoms with Crippen LogP contribution < -0.4 is 21.9 Å². The van der Waals surface area contributed by atoms with E-state index in [-0.39, 0.29) is 16.6 Å². The number of nitrogen functional groups attached to an aromatic ring is 1. The third-order valence-electron chi connectivity index (χ3n) is 5.82. The molecule has 1 aromatic heterocycles. The van der Waals surface area contributed by atoms with E-state index in [0.717, 1.165) is 56.9 Å². The zero-order valence-corrected chi connectivity index (χ0v) is 17.2. The minimum atomic E-state index is -0.508. The minimum Gasteiger partial charge on any atom is -0.398 e. The summed E-state index contributed by atoms with van der Waals surface area (Å²) in [5, 5.41) is 0.873. The van der Waals surface area contributed by atoms with Gasteiger partial charge in [0.2, 0.25) is 5.91 Å². The van der Waals surface area contributed by atoms with Crippen LogP contribution in [-0.4, -0.2) is 48.5 Å². The lowest BCUT2D eigenvalue weighted by Crippen LogP contribution is -2.46. The number of amides is 1. The van der Waals surface area contributed by atoms with Gasteiger partial charge in [0.25, 0.3) is 5.56 Å². The summed E-state index contributed by atoms with van der Waals surface area (Å²) in [7, 11) is 0. The third kappa shape index (κ3) is 4.69. The molecule has 0 radical (unpaired) electrons. The van der Waals surface area contributed by atoms with Crippen LogP contribution in [0.15, 0.2) is 47.3 Å². The first kappa shape index (κ1) is 20.9. The smallest absolute Gasteiger partial charge is 0.256 e. The molecular formula is C23H26FN5O2. The number of piperazine rings is 1. The molecule has 7 nitrogen and oxygen atoms in total. The Balaban J connectivity index is 1.30. The topological polar surface area (TPSA) is 108 Å². The average molecular weight is 423 g/mol. The van der Waals surface area contributed by atoms with Gasteiger partial charge in [0.15, 0.2) is 0 Å². The number of benzene rings is 2. The van der Waals surface area contributed by atoms with Gasteiger partial charge in [-0.15, -0.1) is 0 Å². The molecule has 1 fully saturated rings. The van der Waals surface area contributed by atoms with E-state index in [9.17, 15) is 14.0 Å². The van der Waals surface area contributed by atoms with Gasteiger partial charge in [-0.25, -0.2) is 4.39 Å². The van der Waals surface area contributed by atoms with Gasteiger partial charge in [-0.3, -0.25) is 14.5 Å². The number of carbonyl (C=O) groups is 1. The van der Waals surface area contributed by atoms with E-state index in [0.29, 0.717) is 10.9 Å². The fourth-order valence-corrected chi connectivity index (χ4v) is 4.11. The summed E-state index contributed by atoms with van der Waals surface area (Å²) in [4.78, 5) is 31.0. The zero-order valence-electron chi connectivity index (χ0n) is 17.2. The largest absolute Gasteiger partial charge is 0.398 e. The Morgan fingerprint density at radius 1 is 1.03 bits per heavy atom. The quantitative estimate of drug-likeness (QED) is 0.526. The predicted molar refractivity (Wildman–Crippen MR) is 121 cm³/mol. The molecule has 3 aromatic rings. The van der Waals surface area contributed by atoms with Crippen LogP contribution >= 0.6 is 0 Å². The van der Waals surface area contributed by atoms with Gasteiger partial charge in [-0.05, 0) is 61.9 Å². The van der Waals surface area contributed by atoms with Crippen LogP contribution in [0, 0.1) is 5.82 Å². The molecule has 162 valence electrons. The number of nitrogens with zero attached hydrogens (tertiary/aromatic N) is 2. The molecule has 1 amide bonds. The summed E-state index contributed by atoms with van der Waals surface area (Å²) in [5.41, 5.74) is 13.6. The molecular weight excluding hydrogens is 397 g/mol. The first-order valence-corrected chi connectivity index (χ1v) is 10.4. The molecule has 4 rings (SSSR count). The van der Waals surface area contributed by atoms with Gasteiger partial charge in [0.1, 0.15) is 5.82 Å². The number of anilines is 2. The van der Waals surface area contributed by atoms with E-state index in [1.54, 1.807) is 12.1 Å². The van der Waals surface area contributed by atoms with Crippen molar-refractivity contribution in [3.63, 3.8) is 0 Å². The molecule has 1 saturated heterocycles. The number of aryl methyl sites for hydroxylation is 1. The van der Waals surface area contributed by atoms with Crippen molar-refractivity contribution >= 4 is 28.1 Å². The highest BCUT2D eigenvalue weighted by Crippen LogP contribution is 2.21. The zero-order chi connectivity index (χ0) is 22.0. The number of carbonyl (C=O) groups excluding carboxylic acids is 1. The van der Waals surface area contributed by atoms with Gasteiger partial charge in [-0.1, -0.05) is 0 Å². The number of pyridine rings is 1. The highest BCUT2D eigenvalue weighted by Gasteiger charge is 2.17. The normalized spacial score (nSPS) is 14.8. The lowest BCUT2D eigenvalue weighted by atomic mass is 10.1. The Kier molecular flexibility index (Phi) is 5.90. The van der Waals surface area contributed by atoms with Crippen molar-refractivity contribution in [1.82, 2.24) is 9.88 Å². The molecule has 1 aliphatic heterocycles. The number of rotatable bonds is 6. The van der Waals surface area contributed by atoms with Crippen LogP contribution in [0.5, 0.6) is 0 Å². The molecule has 0 spiro atoms. The Labute approximate surface area is 179 Å². The van der Waals surface area contributed by atoms with E-state index in [4.69, 9.17) is 11.5 Å². The number of halogens is 1. The second kappa shape index (κ2) is 8.77. The second-order valence-electron chi connectivity index (χ2n) is 7.92. The third-order valence-corrected chi connectivity index (χ3v) is 5.82. The number of aromatic amines is 1. The summed E-state index contributed by atoms with van der Waals surface area (Å²) in [5.74, 6) is -0.926. The fourth-order valence-electron chi connectivity index (χ4n) is 4.11. The average Bonchev–Trinajstić information content (AvgIpc) is 2.75. The Bertz CT molecular complexity index is 1150. The Morgan fingerprint density at radius 2 is 1.74 bits per heavy atom. The number of nitrogens with one attached hydrogen (secondary N) is 1. The molecule has 0 saturated carbocycles. The summed E-state index contributed by atoms with van der Waals surface area (Å²) in [6.07, 6.45) is 1.62. The van der Waals surface area contributed by atoms with Crippen molar-refractivity contribution < 1.29 is 9.18 Å². The number of aromatic nitrogens is 1. The molecule has 31 heavy (non-hydrogen) atoms. The Hall–Kier alpha value is -3.39. The Morgan fingerprint density at radius 3 is 2.42 bits per heavy atom. The molecule has 8 heteroatoms. The number of fused-ring (bicyclic) bond motifs is 1. The maximum atomic E-state index is 13.5. The van der Waals surface area contributed by atoms with Crippen LogP contribution in [0.2, 0.25) is 0 Å². The number of primary amides is 1. The van der Waals surface area contributed by atoms with Crippen LogP contribution in [-0.2, 0) is 6.42 Å². The highest BCUT2D eigenvalue weighted by atomic mass is 19.1. The molecule has 5 N–H and O–H groups in total. The molecule has 0 bridgehead atoms. The van der Waals surface area contributed by atoms with E-state index in [1.807, 2.05) is 18.2 Å². The van der Waals surface area contributed by atoms with E-state index >= 15 is 0 Å². The molecule has 2 heterocycles. The van der Waals surface area contributed by atoms with Gasteiger partial charge < -0.3 is 21.4 Å². The van der Waals surface area contributed by atoms with E-state index < -0.39 is 11.7 Å². The van der Waals surface area contributed by atoms with Crippen LogP contribution in [0.3, 0.4) is 0 Å². The second-order valence-corrected chi connectivity index (χ2v) is 7.92. The first-order valence-electron chi connectivity index (χ1n) is 10.4. The van der Waals surface area contributed by atoms with Crippen molar-refractivity contribution in [3.8, 4) is 0 Å². The van der Waals surface area contributed by atoms with Gasteiger partial charge >= 0.3 is 0 Å². The maximum absolute atomic E-state index is 13.5. The maximum Gasteiger partial charge on any atom is 0.256 e. The minimum absolute atomic E-state index is 0.279. The summed E-state index contributed by atoms with van der Waals surface area (Å²) >= 11 is 0. The van der Waals surface area contributed by atoms with Crippen molar-refractivity contribution in [2.45, 2.75) is 12.8 Å². The number of hydrogen-bond donors (Lipinski definition) is 3. The monoisotopic (exact) mass is 423 g/mol. The molecule has 2 aromatic carbocycles. The first-order chi connectivity index (χ1) is 14.9. The van der Waals surface area contributed by atoms with Crippen LogP contribution in [0.4, 0.5) is 15.8 Å². The fraction of sp³-hybridized carbons (Fsp3) is 0.304. The van der Waals surface area contributed by atoms with E-state index in [2.05, 4.69) is 14.8 Å². The van der Waals surface area contributed by atoms with Gasteiger partial charge in [0.05, 0.1) is 5.39 Å². The summed E-state index contributed by atoms with van der Waals surface area (Å²) in [6, 6.07) is 11.7. The lowest BCUT2D eigenvalue weighted by Gasteiger charge is -2.36. The molecule has 0 aliphatic carbocycles. The summed E-state index contributed by atoms with van der Waals surface area (Å²) in [6.45, 7) is 4.62. The molecule has 1 aliphatic rings. The van der Waals surface area contributed by atoms with Gasteiger partial charge in [-0.2, -0.15) is 0 Å². The number of hydrogen-bond acceptors (Lipinski definition) is 5. The molecule has 0 atom stereocenters. The SMILES string of the molecule is NC(=O)c1ccc(N2CCN(CCCc3cc4c(N)cc(F)cc4c(=O)[nH]3)CC2)cc1. The van der Waals surface area contributed by atoms with Crippen molar-refractivity contribution in [3.05, 3.63) is 69.9 Å². The van der Waals surface area contributed by atoms with E-state index in [1.165, 1.54) is 12.1 Å². The lowest BCUT2D eigenvalue weighted by molar-refractivity contribution is 0.100. The number of nitrogens with two attached hydrogens (primary N) is 2. The van der Waals surface area contributed by atoms with Crippen LogP contribution in [0.1, 0.15) is 22.5 Å².